The molecule has 1 aliphatic carbocycles. The first kappa shape index (κ1) is 28.1. The van der Waals surface area contributed by atoms with Gasteiger partial charge >= 0.3 is 0 Å². The molecule has 2 N–H and O–H groups in total. The van der Waals surface area contributed by atoms with E-state index in [0.29, 0.717) is 41.6 Å². The zero-order chi connectivity index (χ0) is 28.6. The van der Waals surface area contributed by atoms with Gasteiger partial charge < -0.3 is 25.2 Å². The SMILES string of the molecule is COc1cc(C(=O)N[C@H]2CCN(C(C)C)C2)ccc1Nc1ncc2c(n1)N(C1CCCC1)CC(C)(C)C(=O)N2C. The zero-order valence-electron chi connectivity index (χ0n) is 24.7. The van der Waals surface area contributed by atoms with Gasteiger partial charge in [-0.25, -0.2) is 4.98 Å². The van der Waals surface area contributed by atoms with E-state index >= 15 is 0 Å². The molecule has 1 atom stereocenters. The van der Waals surface area contributed by atoms with Gasteiger partial charge in [0.05, 0.1) is 24.4 Å². The third-order valence-electron chi connectivity index (χ3n) is 8.59. The van der Waals surface area contributed by atoms with Crippen molar-refractivity contribution < 1.29 is 14.3 Å². The van der Waals surface area contributed by atoms with Gasteiger partial charge in [-0.1, -0.05) is 12.8 Å². The number of rotatable bonds is 7. The second-order valence-corrected chi connectivity index (χ2v) is 12.3. The Bertz CT molecular complexity index is 1260. The second-order valence-electron chi connectivity index (χ2n) is 12.3. The molecular weight excluding hydrogens is 506 g/mol. The van der Waals surface area contributed by atoms with Crippen molar-refractivity contribution in [3.63, 3.8) is 0 Å². The molecule has 1 saturated carbocycles. The van der Waals surface area contributed by atoms with Crippen molar-refractivity contribution in [1.29, 1.82) is 0 Å². The summed E-state index contributed by atoms with van der Waals surface area (Å²) in [7, 11) is 3.39. The number of anilines is 4. The average molecular weight is 550 g/mol. The number of amides is 2. The third-order valence-corrected chi connectivity index (χ3v) is 8.59. The minimum absolute atomic E-state index is 0.0589. The Morgan fingerprint density at radius 1 is 1.18 bits per heavy atom. The van der Waals surface area contributed by atoms with Crippen LogP contribution in [0.15, 0.2) is 24.4 Å². The van der Waals surface area contributed by atoms with Gasteiger partial charge in [0.15, 0.2) is 5.82 Å². The van der Waals surface area contributed by atoms with E-state index in [1.54, 1.807) is 37.4 Å². The van der Waals surface area contributed by atoms with E-state index in [1.165, 1.54) is 12.8 Å². The molecule has 2 amide bonds. The van der Waals surface area contributed by atoms with Gasteiger partial charge in [-0.3, -0.25) is 14.5 Å². The Kier molecular flexibility index (Phi) is 7.90. The first-order valence-electron chi connectivity index (χ1n) is 14.5. The van der Waals surface area contributed by atoms with Crippen molar-refractivity contribution in [3.8, 4) is 5.75 Å². The van der Waals surface area contributed by atoms with E-state index in [2.05, 4.69) is 39.3 Å². The van der Waals surface area contributed by atoms with E-state index in [4.69, 9.17) is 9.72 Å². The molecule has 10 heteroatoms. The standard InChI is InChI=1S/C30H43N7O3/c1-19(2)36-14-13-21(17-36)32-27(38)20-11-12-23(25(15-20)40-6)33-29-31-16-24-26(34-29)37(22-9-7-8-10-22)18-30(3,4)28(39)35(24)5/h11-12,15-16,19,21-22H,7-10,13-14,17-18H2,1-6H3,(H,32,38)(H,31,33,34)/t21-/m0/s1. The molecule has 2 fully saturated rings. The lowest BCUT2D eigenvalue weighted by Crippen LogP contribution is -2.45. The molecule has 3 heterocycles. The molecule has 40 heavy (non-hydrogen) atoms. The van der Waals surface area contributed by atoms with Crippen molar-refractivity contribution in [2.45, 2.75) is 77.9 Å². The fourth-order valence-corrected chi connectivity index (χ4v) is 6.22. The summed E-state index contributed by atoms with van der Waals surface area (Å²) >= 11 is 0. The molecule has 0 spiro atoms. The van der Waals surface area contributed by atoms with Crippen LogP contribution < -0.4 is 25.2 Å². The smallest absolute Gasteiger partial charge is 0.251 e. The number of carbonyl (C=O) groups excluding carboxylic acids is 2. The molecule has 10 nitrogen and oxygen atoms in total. The van der Waals surface area contributed by atoms with Crippen LogP contribution in [0.3, 0.4) is 0 Å². The summed E-state index contributed by atoms with van der Waals surface area (Å²) in [5.74, 6) is 1.67. The number of nitrogens with one attached hydrogen (secondary N) is 2. The summed E-state index contributed by atoms with van der Waals surface area (Å²) in [4.78, 5) is 42.2. The maximum Gasteiger partial charge on any atom is 0.251 e. The van der Waals surface area contributed by atoms with Gasteiger partial charge in [-0.05, 0) is 65.2 Å². The lowest BCUT2D eigenvalue weighted by Gasteiger charge is -2.34. The number of likely N-dealkylation sites (tertiary alicyclic amines) is 1. The highest BCUT2D eigenvalue weighted by atomic mass is 16.5. The quantitative estimate of drug-likeness (QED) is 0.530. The molecule has 0 radical (unpaired) electrons. The van der Waals surface area contributed by atoms with Crippen LogP contribution in [0.2, 0.25) is 0 Å². The number of hydrogen-bond acceptors (Lipinski definition) is 8. The summed E-state index contributed by atoms with van der Waals surface area (Å²) in [5.41, 5.74) is 1.38. The van der Waals surface area contributed by atoms with E-state index in [1.807, 2.05) is 19.9 Å². The molecule has 0 bridgehead atoms. The van der Waals surface area contributed by atoms with Crippen molar-refractivity contribution in [1.82, 2.24) is 20.2 Å². The predicted molar refractivity (Wildman–Crippen MR) is 158 cm³/mol. The molecule has 1 aromatic carbocycles. The highest BCUT2D eigenvalue weighted by Gasteiger charge is 2.41. The largest absolute Gasteiger partial charge is 0.495 e. The third kappa shape index (κ3) is 5.59. The van der Waals surface area contributed by atoms with Crippen LogP contribution in [0, 0.1) is 5.41 Å². The Balaban J connectivity index is 1.37. The summed E-state index contributed by atoms with van der Waals surface area (Å²) < 4.78 is 5.65. The Morgan fingerprint density at radius 3 is 2.60 bits per heavy atom. The van der Waals surface area contributed by atoms with Crippen LogP contribution in [-0.2, 0) is 4.79 Å². The highest BCUT2D eigenvalue weighted by Crippen LogP contribution is 2.40. The molecule has 0 unspecified atom stereocenters. The number of aromatic nitrogens is 2. The van der Waals surface area contributed by atoms with Gasteiger partial charge in [0.25, 0.3) is 5.91 Å². The van der Waals surface area contributed by atoms with Crippen molar-refractivity contribution in [2.75, 3.05) is 48.9 Å². The summed E-state index contributed by atoms with van der Waals surface area (Å²) in [6.45, 7) is 10.8. The van der Waals surface area contributed by atoms with Gasteiger partial charge in [-0.15, -0.1) is 0 Å². The van der Waals surface area contributed by atoms with Gasteiger partial charge in [0, 0.05) is 50.4 Å². The molecule has 5 rings (SSSR count). The summed E-state index contributed by atoms with van der Waals surface area (Å²) in [6, 6.07) is 6.32. The van der Waals surface area contributed by atoms with Crippen molar-refractivity contribution in [3.05, 3.63) is 30.0 Å². The van der Waals surface area contributed by atoms with Crippen LogP contribution >= 0.6 is 0 Å². The molecule has 216 valence electrons. The first-order chi connectivity index (χ1) is 19.1. The van der Waals surface area contributed by atoms with Crippen LogP contribution in [0.5, 0.6) is 5.75 Å². The van der Waals surface area contributed by atoms with E-state index < -0.39 is 5.41 Å². The van der Waals surface area contributed by atoms with E-state index in [9.17, 15) is 9.59 Å². The number of nitrogens with zero attached hydrogens (tertiary/aromatic N) is 5. The maximum atomic E-state index is 13.3. The minimum atomic E-state index is -0.545. The average Bonchev–Trinajstić information content (AvgIpc) is 3.63. The van der Waals surface area contributed by atoms with Crippen LogP contribution in [-0.4, -0.2) is 78.6 Å². The molecule has 1 aromatic heterocycles. The monoisotopic (exact) mass is 549 g/mol. The van der Waals surface area contributed by atoms with Gasteiger partial charge in [0.2, 0.25) is 11.9 Å². The van der Waals surface area contributed by atoms with Gasteiger partial charge in [0.1, 0.15) is 11.4 Å². The number of fused-ring (bicyclic) bond motifs is 1. The van der Waals surface area contributed by atoms with Crippen molar-refractivity contribution >= 4 is 35.0 Å². The lowest BCUT2D eigenvalue weighted by molar-refractivity contribution is -0.125. The predicted octanol–water partition coefficient (Wildman–Crippen LogP) is 4.19. The van der Waals surface area contributed by atoms with Crippen LogP contribution in [0.25, 0.3) is 0 Å². The fourth-order valence-electron chi connectivity index (χ4n) is 6.22. The molecule has 1 saturated heterocycles. The Hall–Kier alpha value is -3.40. The molecule has 2 aromatic rings. The number of ether oxygens (including phenoxy) is 1. The maximum absolute atomic E-state index is 13.3. The summed E-state index contributed by atoms with van der Waals surface area (Å²) in [6.07, 6.45) is 7.23. The van der Waals surface area contributed by atoms with E-state index in [-0.39, 0.29) is 17.9 Å². The zero-order valence-corrected chi connectivity index (χ0v) is 24.7. The number of methoxy groups -OCH3 is 1. The summed E-state index contributed by atoms with van der Waals surface area (Å²) in [5, 5.41) is 6.46. The number of benzene rings is 1. The number of carbonyl (C=O) groups is 2. The minimum Gasteiger partial charge on any atom is -0.495 e. The highest BCUT2D eigenvalue weighted by molar-refractivity contribution is 6.01. The fraction of sp³-hybridized carbons (Fsp3) is 0.600. The van der Waals surface area contributed by atoms with Crippen LogP contribution in [0.4, 0.5) is 23.1 Å². The van der Waals surface area contributed by atoms with Gasteiger partial charge in [-0.2, -0.15) is 4.98 Å². The Morgan fingerprint density at radius 2 is 1.93 bits per heavy atom. The lowest BCUT2D eigenvalue weighted by atomic mass is 9.91. The first-order valence-corrected chi connectivity index (χ1v) is 14.5. The second kappa shape index (κ2) is 11.2. The molecule has 3 aliphatic rings. The van der Waals surface area contributed by atoms with Crippen molar-refractivity contribution in [2.24, 2.45) is 5.41 Å². The number of hydrogen-bond donors (Lipinski definition) is 2. The normalized spacial score (nSPS) is 21.5. The van der Waals surface area contributed by atoms with Crippen LogP contribution in [0.1, 0.15) is 70.2 Å². The Labute approximate surface area is 237 Å². The molecule has 2 aliphatic heterocycles. The van der Waals surface area contributed by atoms with E-state index in [0.717, 1.165) is 43.9 Å². The molecular formula is C30H43N7O3. The topological polar surface area (TPSA) is 103 Å².